The van der Waals surface area contributed by atoms with Crippen molar-refractivity contribution in [2.45, 2.75) is 51.7 Å². The highest BCUT2D eigenvalue weighted by Crippen LogP contribution is 2.35. The van der Waals surface area contributed by atoms with E-state index in [1.54, 1.807) is 13.8 Å². The molecule has 1 aliphatic rings. The van der Waals surface area contributed by atoms with Crippen LogP contribution in [0.25, 0.3) is 0 Å². The van der Waals surface area contributed by atoms with Crippen LogP contribution in [0.1, 0.15) is 49.8 Å². The lowest BCUT2D eigenvalue weighted by Crippen LogP contribution is -2.30. The second-order valence-corrected chi connectivity index (χ2v) is 5.69. The molecule has 112 valence electrons. The van der Waals surface area contributed by atoms with E-state index >= 15 is 0 Å². The van der Waals surface area contributed by atoms with E-state index in [1.807, 2.05) is 6.07 Å². The van der Waals surface area contributed by atoms with Gasteiger partial charge in [0, 0.05) is 30.4 Å². The standard InChI is InChI=1S/C16H24FNO2/c1-11-9-16(14(12(2)20)10-15(11)17)18-7-3-5-13(18)6-4-8-19/h9-10,12-13,19-20H,3-8H2,1-2H3/t12-,13?/m1/s1. The van der Waals surface area contributed by atoms with Crippen molar-refractivity contribution in [1.29, 1.82) is 0 Å². The van der Waals surface area contributed by atoms with Crippen LogP contribution in [0.2, 0.25) is 0 Å². The number of aliphatic hydroxyl groups excluding tert-OH is 2. The van der Waals surface area contributed by atoms with Gasteiger partial charge in [-0.15, -0.1) is 0 Å². The minimum Gasteiger partial charge on any atom is -0.396 e. The van der Waals surface area contributed by atoms with E-state index in [-0.39, 0.29) is 12.4 Å². The Morgan fingerprint density at radius 3 is 2.85 bits per heavy atom. The van der Waals surface area contributed by atoms with Gasteiger partial charge < -0.3 is 15.1 Å². The second-order valence-electron chi connectivity index (χ2n) is 5.69. The summed E-state index contributed by atoms with van der Waals surface area (Å²) < 4.78 is 13.7. The highest BCUT2D eigenvalue weighted by Gasteiger charge is 2.27. The van der Waals surface area contributed by atoms with Crippen LogP contribution in [0.4, 0.5) is 10.1 Å². The number of anilines is 1. The highest BCUT2D eigenvalue weighted by molar-refractivity contribution is 5.58. The summed E-state index contributed by atoms with van der Waals surface area (Å²) in [7, 11) is 0. The predicted octanol–water partition coefficient (Wildman–Crippen LogP) is 2.93. The molecule has 0 aromatic heterocycles. The molecule has 3 nitrogen and oxygen atoms in total. The van der Waals surface area contributed by atoms with Crippen LogP contribution in [0.15, 0.2) is 12.1 Å². The number of nitrogens with zero attached hydrogens (tertiary/aromatic N) is 1. The lowest BCUT2D eigenvalue weighted by Gasteiger charge is -2.30. The Morgan fingerprint density at radius 1 is 1.45 bits per heavy atom. The molecule has 20 heavy (non-hydrogen) atoms. The lowest BCUT2D eigenvalue weighted by molar-refractivity contribution is 0.199. The first kappa shape index (κ1) is 15.3. The number of hydrogen-bond acceptors (Lipinski definition) is 3. The van der Waals surface area contributed by atoms with Crippen LogP contribution < -0.4 is 4.90 Å². The molecule has 1 heterocycles. The van der Waals surface area contributed by atoms with Gasteiger partial charge in [0.15, 0.2) is 0 Å². The van der Waals surface area contributed by atoms with Gasteiger partial charge in [0.1, 0.15) is 5.82 Å². The predicted molar refractivity (Wildman–Crippen MR) is 78.5 cm³/mol. The van der Waals surface area contributed by atoms with E-state index in [2.05, 4.69) is 4.90 Å². The SMILES string of the molecule is Cc1cc(N2CCCC2CCCO)c([C@@H](C)O)cc1F. The maximum absolute atomic E-state index is 13.7. The Hall–Kier alpha value is -1.13. The normalized spacial score (nSPS) is 20.4. The summed E-state index contributed by atoms with van der Waals surface area (Å²) in [5, 5.41) is 18.9. The fourth-order valence-corrected chi connectivity index (χ4v) is 3.04. The molecule has 2 rings (SSSR count). The van der Waals surface area contributed by atoms with Crippen molar-refractivity contribution in [1.82, 2.24) is 0 Å². The molecule has 0 spiro atoms. The van der Waals surface area contributed by atoms with E-state index < -0.39 is 6.10 Å². The van der Waals surface area contributed by atoms with Crippen molar-refractivity contribution >= 4 is 5.69 Å². The van der Waals surface area contributed by atoms with Gasteiger partial charge in [0.05, 0.1) is 6.10 Å². The van der Waals surface area contributed by atoms with E-state index in [0.29, 0.717) is 17.2 Å². The first-order chi connectivity index (χ1) is 9.54. The maximum Gasteiger partial charge on any atom is 0.126 e. The third-order valence-electron chi connectivity index (χ3n) is 4.14. The Bertz CT molecular complexity index is 462. The Kier molecular flexibility index (Phi) is 5.00. The Balaban J connectivity index is 2.32. The van der Waals surface area contributed by atoms with Crippen molar-refractivity contribution in [2.75, 3.05) is 18.1 Å². The van der Waals surface area contributed by atoms with Gasteiger partial charge in [-0.3, -0.25) is 0 Å². The highest BCUT2D eigenvalue weighted by atomic mass is 19.1. The van der Waals surface area contributed by atoms with Gasteiger partial charge in [-0.05, 0) is 57.2 Å². The minimum absolute atomic E-state index is 0.204. The molecule has 1 aliphatic heterocycles. The summed E-state index contributed by atoms with van der Waals surface area (Å²) in [5.41, 5.74) is 2.21. The van der Waals surface area contributed by atoms with E-state index in [0.717, 1.165) is 37.9 Å². The summed E-state index contributed by atoms with van der Waals surface area (Å²) >= 11 is 0. The molecule has 4 heteroatoms. The van der Waals surface area contributed by atoms with Gasteiger partial charge in [-0.1, -0.05) is 0 Å². The molecule has 0 radical (unpaired) electrons. The van der Waals surface area contributed by atoms with E-state index in [1.165, 1.54) is 6.07 Å². The zero-order valence-electron chi connectivity index (χ0n) is 12.3. The van der Waals surface area contributed by atoms with Crippen molar-refractivity contribution in [2.24, 2.45) is 0 Å². The zero-order chi connectivity index (χ0) is 14.7. The van der Waals surface area contributed by atoms with Crippen molar-refractivity contribution < 1.29 is 14.6 Å². The summed E-state index contributed by atoms with van der Waals surface area (Å²) in [6, 6.07) is 3.68. The van der Waals surface area contributed by atoms with Crippen LogP contribution in [0.3, 0.4) is 0 Å². The summed E-state index contributed by atoms with van der Waals surface area (Å²) in [6.45, 7) is 4.56. The van der Waals surface area contributed by atoms with Crippen molar-refractivity contribution in [3.05, 3.63) is 29.1 Å². The summed E-state index contributed by atoms with van der Waals surface area (Å²) in [6.07, 6.45) is 3.23. The number of benzene rings is 1. The van der Waals surface area contributed by atoms with Crippen LogP contribution >= 0.6 is 0 Å². The Morgan fingerprint density at radius 2 is 2.20 bits per heavy atom. The minimum atomic E-state index is -0.681. The average molecular weight is 281 g/mol. The summed E-state index contributed by atoms with van der Waals surface area (Å²) in [5.74, 6) is -0.268. The summed E-state index contributed by atoms with van der Waals surface area (Å²) in [4.78, 5) is 2.27. The first-order valence-corrected chi connectivity index (χ1v) is 7.40. The molecule has 2 atom stereocenters. The van der Waals surface area contributed by atoms with Gasteiger partial charge in [0.25, 0.3) is 0 Å². The number of hydrogen-bond donors (Lipinski definition) is 2. The van der Waals surface area contributed by atoms with Gasteiger partial charge in [-0.25, -0.2) is 4.39 Å². The third kappa shape index (κ3) is 3.13. The molecule has 0 bridgehead atoms. The first-order valence-electron chi connectivity index (χ1n) is 7.40. The average Bonchev–Trinajstić information content (AvgIpc) is 2.87. The number of aryl methyl sites for hydroxylation is 1. The van der Waals surface area contributed by atoms with Gasteiger partial charge in [0.2, 0.25) is 0 Å². The zero-order valence-corrected chi connectivity index (χ0v) is 12.3. The number of rotatable bonds is 5. The van der Waals surface area contributed by atoms with Gasteiger partial charge >= 0.3 is 0 Å². The number of aliphatic hydroxyl groups is 2. The molecule has 2 N–H and O–H groups in total. The fraction of sp³-hybridized carbons (Fsp3) is 0.625. The molecule has 0 aliphatic carbocycles. The van der Waals surface area contributed by atoms with E-state index in [4.69, 9.17) is 5.11 Å². The van der Waals surface area contributed by atoms with Crippen LogP contribution in [-0.4, -0.2) is 29.4 Å². The lowest BCUT2D eigenvalue weighted by atomic mass is 10.0. The molecule has 0 amide bonds. The quantitative estimate of drug-likeness (QED) is 0.872. The molecule has 0 saturated carbocycles. The van der Waals surface area contributed by atoms with E-state index in [9.17, 15) is 9.50 Å². The maximum atomic E-state index is 13.7. The smallest absolute Gasteiger partial charge is 0.126 e. The molecule has 1 unspecified atom stereocenters. The molecular formula is C16H24FNO2. The van der Waals surface area contributed by atoms with Crippen molar-refractivity contribution in [3.63, 3.8) is 0 Å². The largest absolute Gasteiger partial charge is 0.396 e. The second kappa shape index (κ2) is 6.55. The monoisotopic (exact) mass is 281 g/mol. The van der Waals surface area contributed by atoms with Crippen molar-refractivity contribution in [3.8, 4) is 0 Å². The molecule has 1 saturated heterocycles. The molecular weight excluding hydrogens is 257 g/mol. The molecule has 1 fully saturated rings. The Labute approximate surface area is 120 Å². The molecule has 1 aromatic carbocycles. The fourth-order valence-electron chi connectivity index (χ4n) is 3.04. The van der Waals surface area contributed by atoms with Crippen LogP contribution in [0, 0.1) is 12.7 Å². The third-order valence-corrected chi connectivity index (χ3v) is 4.14. The number of halogens is 1. The molecule has 1 aromatic rings. The van der Waals surface area contributed by atoms with Crippen LogP contribution in [-0.2, 0) is 0 Å². The topological polar surface area (TPSA) is 43.7 Å². The van der Waals surface area contributed by atoms with Crippen LogP contribution in [0.5, 0.6) is 0 Å². The van der Waals surface area contributed by atoms with Gasteiger partial charge in [-0.2, -0.15) is 0 Å².